The molecule has 0 unspecified atom stereocenters. The molecule has 1 aromatic heterocycles. The second kappa shape index (κ2) is 7.64. The van der Waals surface area contributed by atoms with Crippen molar-refractivity contribution in [3.8, 4) is 0 Å². The first-order valence-electron chi connectivity index (χ1n) is 9.66. The van der Waals surface area contributed by atoms with Gasteiger partial charge < -0.3 is 20.5 Å². The third-order valence-electron chi connectivity index (χ3n) is 5.56. The van der Waals surface area contributed by atoms with Crippen molar-refractivity contribution in [3.05, 3.63) is 59.5 Å². The molecule has 4 rings (SSSR count). The van der Waals surface area contributed by atoms with Gasteiger partial charge in [0.2, 0.25) is 0 Å². The summed E-state index contributed by atoms with van der Waals surface area (Å²) in [5.74, 6) is -0.613. The number of hydrogen-bond acceptors (Lipinski definition) is 3. The van der Waals surface area contributed by atoms with Crippen LogP contribution >= 0.6 is 0 Å². The van der Waals surface area contributed by atoms with Gasteiger partial charge in [0.1, 0.15) is 11.5 Å². The number of H-pyrrole nitrogens is 1. The lowest BCUT2D eigenvalue weighted by molar-refractivity contribution is 0.102. The second-order valence-electron chi connectivity index (χ2n) is 7.43. The molecule has 1 amide bonds. The van der Waals surface area contributed by atoms with Crippen LogP contribution in [0.1, 0.15) is 28.9 Å². The Balaban J connectivity index is 1.53. The molecular weight excluding hydrogens is 355 g/mol. The third kappa shape index (κ3) is 3.60. The minimum absolute atomic E-state index is 0.281. The highest BCUT2D eigenvalue weighted by Gasteiger charge is 2.19. The fourth-order valence-electron chi connectivity index (χ4n) is 3.85. The molecule has 1 aliphatic heterocycles. The number of nitrogens with zero attached hydrogens (tertiary/aromatic N) is 1. The summed E-state index contributed by atoms with van der Waals surface area (Å²) in [5.41, 5.74) is 3.70. The van der Waals surface area contributed by atoms with E-state index in [1.807, 2.05) is 25.1 Å². The van der Waals surface area contributed by atoms with E-state index >= 15 is 0 Å². The van der Waals surface area contributed by atoms with Gasteiger partial charge in [-0.2, -0.15) is 0 Å². The number of amides is 1. The second-order valence-corrected chi connectivity index (χ2v) is 7.43. The van der Waals surface area contributed by atoms with Crippen LogP contribution in [-0.4, -0.2) is 37.1 Å². The number of fused-ring (bicyclic) bond motifs is 1. The number of benzene rings is 2. The normalized spacial score (nSPS) is 15.0. The highest BCUT2D eigenvalue weighted by molar-refractivity contribution is 6.06. The standard InChI is InChI=1S/C22H25FN4O/c1-14-6-7-19(23)18-13-20(26-21(14)18)22(28)25-15-4-3-5-17(12-15)27(2)16-8-10-24-11-9-16/h3-7,12-13,16,24,26H,8-11H2,1-2H3,(H,25,28). The Labute approximate surface area is 163 Å². The van der Waals surface area contributed by atoms with Crippen molar-refractivity contribution >= 4 is 28.2 Å². The summed E-state index contributed by atoms with van der Waals surface area (Å²) < 4.78 is 14.0. The smallest absolute Gasteiger partial charge is 0.272 e. The van der Waals surface area contributed by atoms with Crippen molar-refractivity contribution in [2.24, 2.45) is 0 Å². The minimum Gasteiger partial charge on any atom is -0.371 e. The van der Waals surface area contributed by atoms with E-state index in [1.54, 1.807) is 12.1 Å². The molecule has 6 heteroatoms. The number of aromatic nitrogens is 1. The maximum absolute atomic E-state index is 14.0. The Hall–Kier alpha value is -2.86. The number of rotatable bonds is 4. The van der Waals surface area contributed by atoms with Gasteiger partial charge in [-0.05, 0) is 68.8 Å². The van der Waals surface area contributed by atoms with Gasteiger partial charge in [0.15, 0.2) is 0 Å². The van der Waals surface area contributed by atoms with E-state index in [-0.39, 0.29) is 11.7 Å². The molecule has 28 heavy (non-hydrogen) atoms. The Morgan fingerprint density at radius 2 is 1.96 bits per heavy atom. The predicted octanol–water partition coefficient (Wildman–Crippen LogP) is 4.06. The van der Waals surface area contributed by atoms with Gasteiger partial charge in [0.05, 0.1) is 5.52 Å². The van der Waals surface area contributed by atoms with Crippen LogP contribution in [0.4, 0.5) is 15.8 Å². The van der Waals surface area contributed by atoms with Crippen molar-refractivity contribution < 1.29 is 9.18 Å². The van der Waals surface area contributed by atoms with Crippen LogP contribution in [0.25, 0.3) is 10.9 Å². The fraction of sp³-hybridized carbons (Fsp3) is 0.318. The zero-order valence-electron chi connectivity index (χ0n) is 16.2. The molecule has 2 heterocycles. The van der Waals surface area contributed by atoms with E-state index in [4.69, 9.17) is 0 Å². The van der Waals surface area contributed by atoms with Crippen LogP contribution in [0.3, 0.4) is 0 Å². The van der Waals surface area contributed by atoms with Crippen LogP contribution in [0.15, 0.2) is 42.5 Å². The number of aromatic amines is 1. The lowest BCUT2D eigenvalue weighted by Gasteiger charge is -2.33. The number of aryl methyl sites for hydroxylation is 1. The summed E-state index contributed by atoms with van der Waals surface area (Å²) in [6.07, 6.45) is 2.21. The number of hydrogen-bond donors (Lipinski definition) is 3. The van der Waals surface area contributed by atoms with Crippen LogP contribution in [-0.2, 0) is 0 Å². The number of carbonyl (C=O) groups excluding carboxylic acids is 1. The van der Waals surface area contributed by atoms with Gasteiger partial charge in [0, 0.05) is 29.9 Å². The average molecular weight is 380 g/mol. The van der Waals surface area contributed by atoms with E-state index in [0.29, 0.717) is 22.6 Å². The van der Waals surface area contributed by atoms with Gasteiger partial charge in [-0.3, -0.25) is 4.79 Å². The predicted molar refractivity (Wildman–Crippen MR) is 112 cm³/mol. The van der Waals surface area contributed by atoms with Gasteiger partial charge in [-0.15, -0.1) is 0 Å². The summed E-state index contributed by atoms with van der Waals surface area (Å²) in [7, 11) is 2.10. The zero-order chi connectivity index (χ0) is 19.7. The van der Waals surface area contributed by atoms with Crippen molar-refractivity contribution in [1.82, 2.24) is 10.3 Å². The molecule has 1 fully saturated rings. The molecule has 0 atom stereocenters. The van der Waals surface area contributed by atoms with Crippen LogP contribution in [0.2, 0.25) is 0 Å². The van der Waals surface area contributed by atoms with Gasteiger partial charge in [0.25, 0.3) is 5.91 Å². The maximum atomic E-state index is 14.0. The fourth-order valence-corrected chi connectivity index (χ4v) is 3.85. The number of halogens is 1. The topological polar surface area (TPSA) is 60.2 Å². The molecule has 2 aromatic carbocycles. The quantitative estimate of drug-likeness (QED) is 0.640. The Morgan fingerprint density at radius 1 is 1.18 bits per heavy atom. The molecule has 1 aliphatic rings. The molecule has 1 saturated heterocycles. The molecule has 0 radical (unpaired) electrons. The first kappa shape index (κ1) is 18.5. The summed E-state index contributed by atoms with van der Waals surface area (Å²) in [4.78, 5) is 18.0. The average Bonchev–Trinajstić information content (AvgIpc) is 3.18. The van der Waals surface area contributed by atoms with Crippen LogP contribution in [0, 0.1) is 12.7 Å². The number of piperidine rings is 1. The SMILES string of the molecule is Cc1ccc(F)c2cc(C(=O)Nc3cccc(N(C)C4CCNCC4)c3)[nH]c12. The first-order chi connectivity index (χ1) is 13.5. The monoisotopic (exact) mass is 380 g/mol. The Morgan fingerprint density at radius 3 is 2.71 bits per heavy atom. The van der Waals surface area contributed by atoms with Gasteiger partial charge >= 0.3 is 0 Å². The van der Waals surface area contributed by atoms with Crippen molar-refractivity contribution in [2.45, 2.75) is 25.8 Å². The number of anilines is 2. The highest BCUT2D eigenvalue weighted by Crippen LogP contribution is 2.25. The molecule has 0 saturated carbocycles. The van der Waals surface area contributed by atoms with E-state index in [2.05, 4.69) is 33.6 Å². The third-order valence-corrected chi connectivity index (χ3v) is 5.56. The van der Waals surface area contributed by atoms with Gasteiger partial charge in [-0.1, -0.05) is 12.1 Å². The molecule has 0 spiro atoms. The van der Waals surface area contributed by atoms with Crippen LogP contribution < -0.4 is 15.5 Å². The minimum atomic E-state index is -0.332. The molecule has 146 valence electrons. The van der Waals surface area contributed by atoms with Crippen molar-refractivity contribution in [1.29, 1.82) is 0 Å². The largest absolute Gasteiger partial charge is 0.371 e. The molecule has 0 aliphatic carbocycles. The molecule has 3 N–H and O–H groups in total. The molecule has 3 aromatic rings. The summed E-state index contributed by atoms with van der Waals surface area (Å²) in [5, 5.41) is 6.74. The molecule has 5 nitrogen and oxygen atoms in total. The first-order valence-corrected chi connectivity index (χ1v) is 9.66. The van der Waals surface area contributed by atoms with Gasteiger partial charge in [-0.25, -0.2) is 4.39 Å². The Kier molecular flexibility index (Phi) is 5.05. The molecular formula is C22H25FN4O. The summed E-state index contributed by atoms with van der Waals surface area (Å²) in [6.45, 7) is 3.95. The number of carbonyl (C=O) groups is 1. The molecule has 0 bridgehead atoms. The zero-order valence-corrected chi connectivity index (χ0v) is 16.2. The van der Waals surface area contributed by atoms with Crippen molar-refractivity contribution in [3.63, 3.8) is 0 Å². The lowest BCUT2D eigenvalue weighted by atomic mass is 10.0. The summed E-state index contributed by atoms with van der Waals surface area (Å²) >= 11 is 0. The van der Waals surface area contributed by atoms with E-state index in [0.717, 1.165) is 42.9 Å². The maximum Gasteiger partial charge on any atom is 0.272 e. The Bertz CT molecular complexity index is 968. The summed E-state index contributed by atoms with van der Waals surface area (Å²) in [6, 6.07) is 13.0. The van der Waals surface area contributed by atoms with E-state index in [1.165, 1.54) is 6.07 Å². The van der Waals surface area contributed by atoms with E-state index in [9.17, 15) is 9.18 Å². The van der Waals surface area contributed by atoms with Crippen LogP contribution in [0.5, 0.6) is 0 Å². The van der Waals surface area contributed by atoms with Crippen molar-refractivity contribution in [2.75, 3.05) is 30.4 Å². The number of nitrogens with one attached hydrogen (secondary N) is 3. The van der Waals surface area contributed by atoms with E-state index < -0.39 is 0 Å². The lowest BCUT2D eigenvalue weighted by Crippen LogP contribution is -2.41. The highest BCUT2D eigenvalue weighted by atomic mass is 19.1.